The third-order valence-electron chi connectivity index (χ3n) is 3.85. The zero-order valence-corrected chi connectivity index (χ0v) is 13.4. The SMILES string of the molecule is CC(NC(=O)Cn1cnc2ccccc2c1=O)c1ccc(F)cc1F. The Bertz CT molecular complexity index is 1000. The second-order valence-electron chi connectivity index (χ2n) is 5.65. The lowest BCUT2D eigenvalue weighted by Gasteiger charge is -2.15. The molecule has 0 radical (unpaired) electrons. The largest absolute Gasteiger partial charge is 0.348 e. The number of rotatable bonds is 4. The van der Waals surface area contributed by atoms with Crippen LogP contribution < -0.4 is 10.9 Å². The van der Waals surface area contributed by atoms with Gasteiger partial charge in [-0.15, -0.1) is 0 Å². The van der Waals surface area contributed by atoms with Gasteiger partial charge in [0.05, 0.1) is 23.3 Å². The van der Waals surface area contributed by atoms with E-state index < -0.39 is 23.6 Å². The van der Waals surface area contributed by atoms with Crippen molar-refractivity contribution in [3.63, 3.8) is 0 Å². The number of nitrogens with zero attached hydrogens (tertiary/aromatic N) is 2. The highest BCUT2D eigenvalue weighted by molar-refractivity contribution is 5.79. The van der Waals surface area contributed by atoms with E-state index in [-0.39, 0.29) is 17.7 Å². The van der Waals surface area contributed by atoms with Crippen molar-refractivity contribution in [1.29, 1.82) is 0 Å². The van der Waals surface area contributed by atoms with Gasteiger partial charge < -0.3 is 5.32 Å². The molecule has 1 amide bonds. The molecule has 3 aromatic rings. The lowest BCUT2D eigenvalue weighted by atomic mass is 10.1. The summed E-state index contributed by atoms with van der Waals surface area (Å²) in [5.41, 5.74) is 0.381. The molecule has 1 aromatic heterocycles. The van der Waals surface area contributed by atoms with Gasteiger partial charge in [-0.3, -0.25) is 14.2 Å². The lowest BCUT2D eigenvalue weighted by molar-refractivity contribution is -0.122. The second-order valence-corrected chi connectivity index (χ2v) is 5.65. The molecule has 1 heterocycles. The summed E-state index contributed by atoms with van der Waals surface area (Å²) in [6, 6.07) is 9.32. The topological polar surface area (TPSA) is 64.0 Å². The van der Waals surface area contributed by atoms with Gasteiger partial charge in [-0.25, -0.2) is 13.8 Å². The molecular formula is C18H15F2N3O2. The van der Waals surface area contributed by atoms with E-state index in [4.69, 9.17) is 0 Å². The lowest BCUT2D eigenvalue weighted by Crippen LogP contribution is -2.34. The third-order valence-corrected chi connectivity index (χ3v) is 3.85. The Hall–Kier alpha value is -3.09. The molecule has 1 unspecified atom stereocenters. The molecule has 25 heavy (non-hydrogen) atoms. The van der Waals surface area contributed by atoms with E-state index in [1.54, 1.807) is 31.2 Å². The summed E-state index contributed by atoms with van der Waals surface area (Å²) in [7, 11) is 0. The molecular weight excluding hydrogens is 328 g/mol. The van der Waals surface area contributed by atoms with Gasteiger partial charge in [0.25, 0.3) is 5.56 Å². The molecule has 0 saturated heterocycles. The molecule has 0 fully saturated rings. The van der Waals surface area contributed by atoms with Crippen LogP contribution in [0, 0.1) is 11.6 Å². The van der Waals surface area contributed by atoms with E-state index in [1.807, 2.05) is 0 Å². The number of halogens is 2. The summed E-state index contributed by atoms with van der Waals surface area (Å²) in [4.78, 5) is 28.7. The zero-order chi connectivity index (χ0) is 18.0. The number of hydrogen-bond acceptors (Lipinski definition) is 3. The smallest absolute Gasteiger partial charge is 0.261 e. The van der Waals surface area contributed by atoms with Crippen LogP contribution in [0.3, 0.4) is 0 Å². The summed E-state index contributed by atoms with van der Waals surface area (Å²) < 4.78 is 27.9. The number of hydrogen-bond donors (Lipinski definition) is 1. The van der Waals surface area contributed by atoms with Gasteiger partial charge in [-0.05, 0) is 25.1 Å². The number of para-hydroxylation sites is 1. The Labute approximate surface area is 141 Å². The summed E-state index contributed by atoms with van der Waals surface area (Å²) in [6.07, 6.45) is 1.30. The van der Waals surface area contributed by atoms with Gasteiger partial charge in [0.1, 0.15) is 18.2 Å². The van der Waals surface area contributed by atoms with Crippen LogP contribution >= 0.6 is 0 Å². The number of fused-ring (bicyclic) bond motifs is 1. The fraction of sp³-hybridized carbons (Fsp3) is 0.167. The van der Waals surface area contributed by atoms with Crippen LogP contribution in [0.2, 0.25) is 0 Å². The van der Waals surface area contributed by atoms with E-state index >= 15 is 0 Å². The molecule has 0 aliphatic rings. The van der Waals surface area contributed by atoms with Gasteiger partial charge in [-0.2, -0.15) is 0 Å². The van der Waals surface area contributed by atoms with Crippen LogP contribution in [0.25, 0.3) is 10.9 Å². The molecule has 0 aliphatic heterocycles. The highest BCUT2D eigenvalue weighted by Gasteiger charge is 2.15. The van der Waals surface area contributed by atoms with E-state index in [1.165, 1.54) is 17.0 Å². The molecule has 5 nitrogen and oxygen atoms in total. The standard InChI is InChI=1S/C18H15F2N3O2/c1-11(13-7-6-12(19)8-15(13)20)22-17(24)9-23-10-21-16-5-3-2-4-14(16)18(23)25/h2-8,10-11H,9H2,1H3,(H,22,24). The van der Waals surface area contributed by atoms with Gasteiger partial charge in [-0.1, -0.05) is 18.2 Å². The van der Waals surface area contributed by atoms with Crippen LogP contribution in [-0.4, -0.2) is 15.5 Å². The quantitative estimate of drug-likeness (QED) is 0.792. The molecule has 1 atom stereocenters. The van der Waals surface area contributed by atoms with Crippen LogP contribution in [0.1, 0.15) is 18.5 Å². The van der Waals surface area contributed by atoms with Crippen molar-refractivity contribution in [1.82, 2.24) is 14.9 Å². The van der Waals surface area contributed by atoms with E-state index in [0.29, 0.717) is 10.9 Å². The molecule has 3 rings (SSSR count). The zero-order valence-electron chi connectivity index (χ0n) is 13.4. The first-order valence-electron chi connectivity index (χ1n) is 7.64. The monoisotopic (exact) mass is 343 g/mol. The first-order chi connectivity index (χ1) is 12.0. The van der Waals surface area contributed by atoms with Crippen LogP contribution in [0.5, 0.6) is 0 Å². The van der Waals surface area contributed by atoms with Gasteiger partial charge >= 0.3 is 0 Å². The molecule has 0 saturated carbocycles. The van der Waals surface area contributed by atoms with Crippen LogP contribution in [0.4, 0.5) is 8.78 Å². The normalized spacial score (nSPS) is 12.1. The van der Waals surface area contributed by atoms with Crippen molar-refractivity contribution in [3.8, 4) is 0 Å². The molecule has 0 spiro atoms. The van der Waals surface area contributed by atoms with Crippen molar-refractivity contribution in [2.75, 3.05) is 0 Å². The van der Waals surface area contributed by atoms with E-state index in [9.17, 15) is 18.4 Å². The summed E-state index contributed by atoms with van der Waals surface area (Å²) in [5.74, 6) is -1.90. The third kappa shape index (κ3) is 3.55. The highest BCUT2D eigenvalue weighted by Crippen LogP contribution is 2.17. The number of aromatic nitrogens is 2. The first-order valence-corrected chi connectivity index (χ1v) is 7.64. The summed E-state index contributed by atoms with van der Waals surface area (Å²) >= 11 is 0. The van der Waals surface area contributed by atoms with Crippen molar-refractivity contribution in [3.05, 3.63) is 76.3 Å². The maximum atomic E-state index is 13.8. The number of benzene rings is 2. The number of nitrogens with one attached hydrogen (secondary N) is 1. The van der Waals surface area contributed by atoms with Crippen molar-refractivity contribution >= 4 is 16.8 Å². The maximum Gasteiger partial charge on any atom is 0.261 e. The van der Waals surface area contributed by atoms with Crippen molar-refractivity contribution < 1.29 is 13.6 Å². The Morgan fingerprint density at radius 2 is 2.00 bits per heavy atom. The minimum Gasteiger partial charge on any atom is -0.348 e. The van der Waals surface area contributed by atoms with E-state index in [2.05, 4.69) is 10.3 Å². The van der Waals surface area contributed by atoms with Crippen molar-refractivity contribution in [2.24, 2.45) is 0 Å². The molecule has 7 heteroatoms. The van der Waals surface area contributed by atoms with E-state index in [0.717, 1.165) is 12.1 Å². The highest BCUT2D eigenvalue weighted by atomic mass is 19.1. The van der Waals surface area contributed by atoms with Gasteiger partial charge in [0, 0.05) is 11.6 Å². The maximum absolute atomic E-state index is 13.8. The van der Waals surface area contributed by atoms with Crippen LogP contribution in [-0.2, 0) is 11.3 Å². The molecule has 0 bridgehead atoms. The minimum atomic E-state index is -0.739. The molecule has 1 N–H and O–H groups in total. The summed E-state index contributed by atoms with van der Waals surface area (Å²) in [6.45, 7) is 1.33. The van der Waals surface area contributed by atoms with Crippen molar-refractivity contribution in [2.45, 2.75) is 19.5 Å². The van der Waals surface area contributed by atoms with Gasteiger partial charge in [0.2, 0.25) is 5.91 Å². The Morgan fingerprint density at radius 3 is 2.76 bits per heavy atom. The number of carbonyl (C=O) groups excluding carboxylic acids is 1. The predicted molar refractivity (Wildman–Crippen MR) is 88.9 cm³/mol. The Morgan fingerprint density at radius 1 is 1.24 bits per heavy atom. The molecule has 0 aliphatic carbocycles. The molecule has 2 aromatic carbocycles. The minimum absolute atomic E-state index is 0.165. The first kappa shape index (κ1) is 16.8. The number of carbonyl (C=O) groups is 1. The van der Waals surface area contributed by atoms with Crippen LogP contribution in [0.15, 0.2) is 53.6 Å². The number of amides is 1. The Balaban J connectivity index is 1.76. The average molecular weight is 343 g/mol. The average Bonchev–Trinajstić information content (AvgIpc) is 2.57. The molecule has 128 valence electrons. The predicted octanol–water partition coefficient (Wildman–Crippen LogP) is 2.55. The van der Waals surface area contributed by atoms with Gasteiger partial charge in [0.15, 0.2) is 0 Å². The summed E-state index contributed by atoms with van der Waals surface area (Å²) in [5, 5.41) is 3.00. The fourth-order valence-corrected chi connectivity index (χ4v) is 2.59. The Kier molecular flexibility index (Phi) is 4.56. The fourth-order valence-electron chi connectivity index (χ4n) is 2.59. The second kappa shape index (κ2) is 6.80.